The molecule has 102 valence electrons. The lowest BCUT2D eigenvalue weighted by atomic mass is 10.1. The Morgan fingerprint density at radius 2 is 1.90 bits per heavy atom. The fraction of sp³-hybridized carbons (Fsp3) is 0.0667. The second-order valence-electron chi connectivity index (χ2n) is 4.17. The Morgan fingerprint density at radius 3 is 2.55 bits per heavy atom. The number of halogens is 1. The van der Waals surface area contributed by atoms with Gasteiger partial charge >= 0.3 is 5.97 Å². The maximum absolute atomic E-state index is 11.0. The molecule has 2 rings (SSSR count). The number of carbonyl (C=O) groups is 1. The van der Waals surface area contributed by atoms with Crippen LogP contribution in [-0.2, 0) is 0 Å². The standard InChI is InChI=1S/C15H13ClN2O2/c1-10(11-5-3-2-4-6-11)17-18-12-7-8-14(16)13(9-12)15(19)20/h2-9,18H,1H3,(H,19,20)/b17-10-. The van der Waals surface area contributed by atoms with Gasteiger partial charge in [-0.2, -0.15) is 5.10 Å². The van der Waals surface area contributed by atoms with Gasteiger partial charge in [0.15, 0.2) is 0 Å². The molecule has 0 aliphatic heterocycles. The molecule has 4 nitrogen and oxygen atoms in total. The molecule has 0 amide bonds. The minimum atomic E-state index is -1.07. The molecular weight excluding hydrogens is 276 g/mol. The van der Waals surface area contributed by atoms with E-state index in [1.807, 2.05) is 37.3 Å². The van der Waals surface area contributed by atoms with Crippen molar-refractivity contribution in [3.8, 4) is 0 Å². The van der Waals surface area contributed by atoms with Gasteiger partial charge in [-0.25, -0.2) is 4.79 Å². The molecule has 2 aromatic rings. The van der Waals surface area contributed by atoms with Crippen LogP contribution in [0.1, 0.15) is 22.8 Å². The summed E-state index contributed by atoms with van der Waals surface area (Å²) in [6.07, 6.45) is 0. The lowest BCUT2D eigenvalue weighted by Gasteiger charge is -2.05. The number of carboxylic acid groups (broad SMARTS) is 1. The number of aromatic carboxylic acids is 1. The van der Waals surface area contributed by atoms with Crippen LogP contribution in [0.4, 0.5) is 5.69 Å². The monoisotopic (exact) mass is 288 g/mol. The van der Waals surface area contributed by atoms with Gasteiger partial charge in [0.05, 0.1) is 22.0 Å². The number of nitrogens with zero attached hydrogens (tertiary/aromatic N) is 1. The topological polar surface area (TPSA) is 61.7 Å². The molecule has 0 radical (unpaired) electrons. The van der Waals surface area contributed by atoms with E-state index in [4.69, 9.17) is 16.7 Å². The summed E-state index contributed by atoms with van der Waals surface area (Å²) >= 11 is 5.81. The molecule has 0 atom stereocenters. The SMILES string of the molecule is C/C(=N/Nc1ccc(Cl)c(C(=O)O)c1)c1ccccc1. The van der Waals surface area contributed by atoms with Crippen molar-refractivity contribution in [2.75, 3.05) is 5.43 Å². The zero-order valence-corrected chi connectivity index (χ0v) is 11.6. The van der Waals surface area contributed by atoms with E-state index in [1.165, 1.54) is 12.1 Å². The Balaban J connectivity index is 2.19. The highest BCUT2D eigenvalue weighted by Crippen LogP contribution is 2.20. The Kier molecular flexibility index (Phi) is 4.38. The normalized spacial score (nSPS) is 11.2. The first-order valence-electron chi connectivity index (χ1n) is 5.96. The van der Waals surface area contributed by atoms with Crippen molar-refractivity contribution in [2.45, 2.75) is 6.92 Å². The maximum atomic E-state index is 11.0. The highest BCUT2D eigenvalue weighted by molar-refractivity contribution is 6.33. The first kappa shape index (κ1) is 14.1. The molecule has 0 unspecified atom stereocenters. The van der Waals surface area contributed by atoms with Crippen LogP contribution < -0.4 is 5.43 Å². The van der Waals surface area contributed by atoms with Crippen molar-refractivity contribution in [2.24, 2.45) is 5.10 Å². The predicted octanol–water partition coefficient (Wildman–Crippen LogP) is 3.87. The van der Waals surface area contributed by atoms with Gasteiger partial charge in [-0.3, -0.25) is 5.43 Å². The van der Waals surface area contributed by atoms with E-state index in [9.17, 15) is 4.79 Å². The maximum Gasteiger partial charge on any atom is 0.337 e. The van der Waals surface area contributed by atoms with Crippen LogP contribution in [-0.4, -0.2) is 16.8 Å². The molecule has 0 heterocycles. The summed E-state index contributed by atoms with van der Waals surface area (Å²) in [6.45, 7) is 1.87. The number of benzene rings is 2. The number of hydrazone groups is 1. The molecule has 5 heteroatoms. The lowest BCUT2D eigenvalue weighted by molar-refractivity contribution is 0.0697. The average molecular weight is 289 g/mol. The van der Waals surface area contributed by atoms with E-state index in [1.54, 1.807) is 6.07 Å². The van der Waals surface area contributed by atoms with Crippen LogP contribution in [0.25, 0.3) is 0 Å². The minimum Gasteiger partial charge on any atom is -0.478 e. The van der Waals surface area contributed by atoms with Crippen LogP contribution >= 0.6 is 11.6 Å². The highest BCUT2D eigenvalue weighted by Gasteiger charge is 2.09. The van der Waals surface area contributed by atoms with Crippen LogP contribution in [0, 0.1) is 0 Å². The van der Waals surface area contributed by atoms with Gasteiger partial charge in [0.1, 0.15) is 0 Å². The Morgan fingerprint density at radius 1 is 1.20 bits per heavy atom. The Bertz CT molecular complexity index is 654. The smallest absolute Gasteiger partial charge is 0.337 e. The largest absolute Gasteiger partial charge is 0.478 e. The van der Waals surface area contributed by atoms with E-state index >= 15 is 0 Å². The van der Waals surface area contributed by atoms with Crippen LogP contribution in [0.3, 0.4) is 0 Å². The van der Waals surface area contributed by atoms with Crippen LogP contribution in [0.5, 0.6) is 0 Å². The molecule has 0 aromatic heterocycles. The van der Waals surface area contributed by atoms with Gasteiger partial charge in [-0.05, 0) is 30.7 Å². The molecule has 0 spiro atoms. The summed E-state index contributed by atoms with van der Waals surface area (Å²) < 4.78 is 0. The molecule has 0 bridgehead atoms. The Hall–Kier alpha value is -2.33. The zero-order chi connectivity index (χ0) is 14.5. The summed E-state index contributed by atoms with van der Waals surface area (Å²) in [5, 5.41) is 13.4. The third-order valence-electron chi connectivity index (χ3n) is 2.74. The van der Waals surface area contributed by atoms with Gasteiger partial charge in [0, 0.05) is 0 Å². The number of anilines is 1. The average Bonchev–Trinajstić information content (AvgIpc) is 2.46. The molecular formula is C15H13ClN2O2. The van der Waals surface area contributed by atoms with E-state index in [2.05, 4.69) is 10.5 Å². The zero-order valence-electron chi connectivity index (χ0n) is 10.8. The fourth-order valence-corrected chi connectivity index (χ4v) is 1.85. The Labute approximate surface area is 121 Å². The second-order valence-corrected chi connectivity index (χ2v) is 4.58. The van der Waals surface area contributed by atoms with E-state index in [0.717, 1.165) is 11.3 Å². The van der Waals surface area contributed by atoms with Crippen molar-refractivity contribution in [1.82, 2.24) is 0 Å². The highest BCUT2D eigenvalue weighted by atomic mass is 35.5. The summed E-state index contributed by atoms with van der Waals surface area (Å²) in [7, 11) is 0. The number of hydrogen-bond donors (Lipinski definition) is 2. The quantitative estimate of drug-likeness (QED) is 0.663. The molecule has 0 saturated carbocycles. The lowest BCUT2D eigenvalue weighted by Crippen LogP contribution is -2.02. The third-order valence-corrected chi connectivity index (χ3v) is 3.07. The van der Waals surface area contributed by atoms with Gasteiger partial charge in [0.2, 0.25) is 0 Å². The first-order valence-corrected chi connectivity index (χ1v) is 6.34. The van der Waals surface area contributed by atoms with Crippen molar-refractivity contribution >= 4 is 29.0 Å². The molecule has 0 saturated heterocycles. The number of nitrogens with one attached hydrogen (secondary N) is 1. The van der Waals surface area contributed by atoms with Crippen LogP contribution in [0.2, 0.25) is 5.02 Å². The van der Waals surface area contributed by atoms with Gasteiger partial charge in [-0.1, -0.05) is 41.9 Å². The summed E-state index contributed by atoms with van der Waals surface area (Å²) in [6, 6.07) is 14.3. The number of rotatable bonds is 4. The van der Waals surface area contributed by atoms with E-state index in [0.29, 0.717) is 5.69 Å². The summed E-state index contributed by atoms with van der Waals surface area (Å²) in [4.78, 5) is 11.0. The summed E-state index contributed by atoms with van der Waals surface area (Å²) in [5.41, 5.74) is 5.24. The molecule has 2 N–H and O–H groups in total. The molecule has 0 aliphatic rings. The van der Waals surface area contributed by atoms with E-state index < -0.39 is 5.97 Å². The fourth-order valence-electron chi connectivity index (χ4n) is 1.65. The minimum absolute atomic E-state index is 0.0456. The van der Waals surface area contributed by atoms with Gasteiger partial charge in [-0.15, -0.1) is 0 Å². The van der Waals surface area contributed by atoms with Gasteiger partial charge < -0.3 is 5.11 Å². The number of carboxylic acids is 1. The van der Waals surface area contributed by atoms with Crippen molar-refractivity contribution < 1.29 is 9.90 Å². The van der Waals surface area contributed by atoms with Crippen molar-refractivity contribution in [1.29, 1.82) is 0 Å². The summed E-state index contributed by atoms with van der Waals surface area (Å²) in [5.74, 6) is -1.07. The van der Waals surface area contributed by atoms with Crippen molar-refractivity contribution in [3.63, 3.8) is 0 Å². The predicted molar refractivity (Wildman–Crippen MR) is 80.7 cm³/mol. The van der Waals surface area contributed by atoms with Crippen molar-refractivity contribution in [3.05, 3.63) is 64.7 Å². The number of hydrogen-bond acceptors (Lipinski definition) is 3. The van der Waals surface area contributed by atoms with E-state index in [-0.39, 0.29) is 10.6 Å². The molecule has 0 fully saturated rings. The second kappa shape index (κ2) is 6.21. The molecule has 2 aromatic carbocycles. The van der Waals surface area contributed by atoms with Crippen LogP contribution in [0.15, 0.2) is 53.6 Å². The molecule has 0 aliphatic carbocycles. The first-order chi connectivity index (χ1) is 9.58. The molecule has 20 heavy (non-hydrogen) atoms. The van der Waals surface area contributed by atoms with Gasteiger partial charge in [0.25, 0.3) is 0 Å². The third kappa shape index (κ3) is 3.36.